The van der Waals surface area contributed by atoms with E-state index >= 15 is 0 Å². The third-order valence-electron chi connectivity index (χ3n) is 1.35. The van der Waals surface area contributed by atoms with E-state index in [-0.39, 0.29) is 11.3 Å². The zero-order valence-corrected chi connectivity index (χ0v) is 7.40. The largest absolute Gasteiger partial charge is 0.293 e. The summed E-state index contributed by atoms with van der Waals surface area (Å²) in [6.45, 7) is 0. The number of ketones is 1. The highest BCUT2D eigenvalue weighted by Gasteiger charge is 2.09. The molecule has 0 aliphatic rings. The van der Waals surface area contributed by atoms with Crippen molar-refractivity contribution in [2.45, 2.75) is 0 Å². The normalized spacial score (nSPS) is 9.83. The smallest absolute Gasteiger partial charge is 0.175 e. The summed E-state index contributed by atoms with van der Waals surface area (Å²) in [5.41, 5.74) is 0.124. The van der Waals surface area contributed by atoms with Crippen molar-refractivity contribution in [1.82, 2.24) is 4.98 Å². The Morgan fingerprint density at radius 3 is 3.08 bits per heavy atom. The molecule has 0 aliphatic carbocycles. The van der Waals surface area contributed by atoms with Gasteiger partial charge in [-0.25, -0.2) is 4.39 Å². The van der Waals surface area contributed by atoms with E-state index in [1.54, 1.807) is 6.26 Å². The van der Waals surface area contributed by atoms with E-state index in [0.717, 1.165) is 6.20 Å². The maximum Gasteiger partial charge on any atom is 0.175 e. The average Bonchev–Trinajstić information content (AvgIpc) is 2.05. The Balaban J connectivity index is 2.87. The maximum absolute atomic E-state index is 12.9. The minimum Gasteiger partial charge on any atom is -0.293 e. The lowest BCUT2D eigenvalue weighted by Gasteiger charge is -1.98. The quantitative estimate of drug-likeness (QED) is 0.672. The Labute approximate surface area is 74.2 Å². The molecule has 64 valence electrons. The predicted octanol–water partition coefficient (Wildman–Crippen LogP) is 1.77. The fourth-order valence-electron chi connectivity index (χ4n) is 0.810. The van der Waals surface area contributed by atoms with Crippen molar-refractivity contribution in [1.29, 1.82) is 0 Å². The first-order chi connectivity index (χ1) is 5.75. The number of pyridine rings is 1. The molecule has 0 aromatic carbocycles. The van der Waals surface area contributed by atoms with Gasteiger partial charge in [-0.2, -0.15) is 11.8 Å². The number of carbonyl (C=O) groups is 1. The molecule has 0 N–H and O–H groups in total. The van der Waals surface area contributed by atoms with E-state index in [0.29, 0.717) is 5.75 Å². The summed E-state index contributed by atoms with van der Waals surface area (Å²) in [5.74, 6) is -0.431. The van der Waals surface area contributed by atoms with Gasteiger partial charge < -0.3 is 0 Å². The molecule has 12 heavy (non-hydrogen) atoms. The van der Waals surface area contributed by atoms with E-state index in [1.807, 2.05) is 0 Å². The van der Waals surface area contributed by atoms with Crippen molar-refractivity contribution in [3.8, 4) is 0 Å². The van der Waals surface area contributed by atoms with Crippen LogP contribution in [0.4, 0.5) is 4.39 Å². The highest BCUT2D eigenvalue weighted by Crippen LogP contribution is 2.07. The molecule has 0 aliphatic heterocycles. The lowest BCUT2D eigenvalue weighted by atomic mass is 10.2. The summed E-state index contributed by atoms with van der Waals surface area (Å²) in [6, 6.07) is 1.40. The summed E-state index contributed by atoms with van der Waals surface area (Å²) >= 11 is 1.38. The highest BCUT2D eigenvalue weighted by atomic mass is 32.2. The van der Waals surface area contributed by atoms with Crippen LogP contribution < -0.4 is 0 Å². The van der Waals surface area contributed by atoms with Crippen molar-refractivity contribution >= 4 is 17.5 Å². The van der Waals surface area contributed by atoms with Crippen LogP contribution in [0.5, 0.6) is 0 Å². The van der Waals surface area contributed by atoms with Gasteiger partial charge in [-0.05, 0) is 12.3 Å². The van der Waals surface area contributed by atoms with Crippen molar-refractivity contribution in [2.75, 3.05) is 12.0 Å². The first-order valence-corrected chi connectivity index (χ1v) is 4.76. The molecule has 0 bridgehead atoms. The van der Waals surface area contributed by atoms with Gasteiger partial charge in [-0.3, -0.25) is 9.78 Å². The molecular formula is C8H8FNOS. The third-order valence-corrected chi connectivity index (χ3v) is 1.90. The van der Waals surface area contributed by atoms with Crippen LogP contribution in [0.25, 0.3) is 0 Å². The van der Waals surface area contributed by atoms with Crippen molar-refractivity contribution in [3.63, 3.8) is 0 Å². The average molecular weight is 185 g/mol. The van der Waals surface area contributed by atoms with Crippen LogP contribution in [-0.4, -0.2) is 22.8 Å². The first kappa shape index (κ1) is 9.19. The zero-order chi connectivity index (χ0) is 8.97. The molecule has 0 amide bonds. The second-order valence-corrected chi connectivity index (χ2v) is 3.08. The molecule has 1 rings (SSSR count). The van der Waals surface area contributed by atoms with E-state index < -0.39 is 5.82 Å². The first-order valence-electron chi connectivity index (χ1n) is 3.37. The Hall–Kier alpha value is -0.900. The zero-order valence-electron chi connectivity index (χ0n) is 6.58. The number of hydrogen-bond acceptors (Lipinski definition) is 3. The van der Waals surface area contributed by atoms with Crippen molar-refractivity contribution in [2.24, 2.45) is 0 Å². The number of rotatable bonds is 3. The fourth-order valence-corrected chi connectivity index (χ4v) is 1.23. The van der Waals surface area contributed by atoms with Gasteiger partial charge in [0.05, 0.1) is 17.5 Å². The minimum absolute atomic E-state index is 0.124. The van der Waals surface area contributed by atoms with Crippen LogP contribution in [0.15, 0.2) is 18.5 Å². The predicted molar refractivity (Wildman–Crippen MR) is 46.9 cm³/mol. The SMILES string of the molecule is CSCC(=O)c1ccncc1F. The van der Waals surface area contributed by atoms with Gasteiger partial charge in [0.2, 0.25) is 0 Å². The van der Waals surface area contributed by atoms with Gasteiger partial charge in [0.15, 0.2) is 11.6 Å². The Morgan fingerprint density at radius 2 is 2.50 bits per heavy atom. The number of hydrogen-bond donors (Lipinski definition) is 0. The summed E-state index contributed by atoms with van der Waals surface area (Å²) < 4.78 is 12.9. The molecule has 2 nitrogen and oxygen atoms in total. The van der Waals surface area contributed by atoms with E-state index in [9.17, 15) is 9.18 Å². The molecular weight excluding hydrogens is 177 g/mol. The topological polar surface area (TPSA) is 30.0 Å². The van der Waals surface area contributed by atoms with E-state index in [1.165, 1.54) is 24.0 Å². The number of nitrogens with zero attached hydrogens (tertiary/aromatic N) is 1. The molecule has 0 radical (unpaired) electrons. The van der Waals surface area contributed by atoms with Crippen LogP contribution in [-0.2, 0) is 0 Å². The van der Waals surface area contributed by atoms with Crippen molar-refractivity contribution < 1.29 is 9.18 Å². The number of Topliss-reactive ketones (excluding diaryl/α,β-unsaturated/α-hetero) is 1. The molecule has 0 atom stereocenters. The van der Waals surface area contributed by atoms with Crippen molar-refractivity contribution in [3.05, 3.63) is 29.8 Å². The standard InChI is InChI=1S/C8H8FNOS/c1-12-5-8(11)6-2-3-10-4-7(6)9/h2-4H,5H2,1H3. The second kappa shape index (κ2) is 4.21. The van der Waals surface area contributed by atoms with Gasteiger partial charge in [0.25, 0.3) is 0 Å². The molecule has 1 aromatic rings. The van der Waals surface area contributed by atoms with Crippen LogP contribution >= 0.6 is 11.8 Å². The van der Waals surface area contributed by atoms with Gasteiger partial charge in [-0.15, -0.1) is 0 Å². The molecule has 0 fully saturated rings. The van der Waals surface area contributed by atoms with Crippen LogP contribution in [0, 0.1) is 5.82 Å². The highest BCUT2D eigenvalue weighted by molar-refractivity contribution is 7.99. The Morgan fingerprint density at radius 1 is 1.75 bits per heavy atom. The summed E-state index contributed by atoms with van der Waals surface area (Å²) in [4.78, 5) is 14.7. The minimum atomic E-state index is -0.545. The summed E-state index contributed by atoms with van der Waals surface area (Å²) in [7, 11) is 0. The number of aromatic nitrogens is 1. The molecule has 0 unspecified atom stereocenters. The number of halogens is 1. The van der Waals surface area contributed by atoms with Gasteiger partial charge in [-0.1, -0.05) is 0 Å². The summed E-state index contributed by atoms with van der Waals surface area (Å²) in [6.07, 6.45) is 4.27. The van der Waals surface area contributed by atoms with Gasteiger partial charge in [0.1, 0.15) is 0 Å². The van der Waals surface area contributed by atoms with Gasteiger partial charge >= 0.3 is 0 Å². The molecule has 1 heterocycles. The van der Waals surface area contributed by atoms with Crippen LogP contribution in [0.3, 0.4) is 0 Å². The van der Waals surface area contributed by atoms with Crippen LogP contribution in [0.1, 0.15) is 10.4 Å². The number of carbonyl (C=O) groups excluding carboxylic acids is 1. The lowest BCUT2D eigenvalue weighted by Crippen LogP contribution is -2.04. The fraction of sp³-hybridized carbons (Fsp3) is 0.250. The second-order valence-electron chi connectivity index (χ2n) is 2.21. The molecule has 0 spiro atoms. The van der Waals surface area contributed by atoms with E-state index in [4.69, 9.17) is 0 Å². The molecule has 0 saturated carbocycles. The molecule has 0 saturated heterocycles. The number of thioether (sulfide) groups is 1. The molecule has 1 aromatic heterocycles. The molecule has 4 heteroatoms. The van der Waals surface area contributed by atoms with Crippen LogP contribution in [0.2, 0.25) is 0 Å². The Bertz CT molecular complexity index is 290. The Kier molecular flexibility index (Phi) is 3.22. The van der Waals surface area contributed by atoms with Gasteiger partial charge in [0, 0.05) is 6.20 Å². The lowest BCUT2D eigenvalue weighted by molar-refractivity contribution is 0.101. The maximum atomic E-state index is 12.9. The summed E-state index contributed by atoms with van der Waals surface area (Å²) in [5, 5.41) is 0. The monoisotopic (exact) mass is 185 g/mol. The van der Waals surface area contributed by atoms with E-state index in [2.05, 4.69) is 4.98 Å². The third kappa shape index (κ3) is 2.04.